The minimum Gasteiger partial charge on any atom is -0.508 e. The summed E-state index contributed by atoms with van der Waals surface area (Å²) in [6.07, 6.45) is 0.747. The maximum atomic E-state index is 12.7. The molecule has 1 unspecified atom stereocenters. The highest BCUT2D eigenvalue weighted by Crippen LogP contribution is 2.16. The van der Waals surface area contributed by atoms with Crippen LogP contribution in [0.25, 0.3) is 0 Å². The van der Waals surface area contributed by atoms with Crippen LogP contribution in [0.15, 0.2) is 18.2 Å². The molecule has 0 spiro atoms. The van der Waals surface area contributed by atoms with Gasteiger partial charge in [-0.2, -0.15) is 0 Å². The van der Waals surface area contributed by atoms with Gasteiger partial charge in [0, 0.05) is 6.07 Å². The quantitative estimate of drug-likeness (QED) is 0.752. The van der Waals surface area contributed by atoms with Gasteiger partial charge < -0.3 is 10.2 Å². The second-order valence-electron chi connectivity index (χ2n) is 3.21. The average Bonchev–Trinajstić information content (AvgIpc) is 1.99. The molecule has 1 aromatic carbocycles. The lowest BCUT2D eigenvalue weighted by atomic mass is 10.1. The molecule has 0 fully saturated rings. The fourth-order valence-corrected chi connectivity index (χ4v) is 1.15. The molecule has 0 saturated heterocycles. The van der Waals surface area contributed by atoms with E-state index in [4.69, 9.17) is 10.2 Å². The van der Waals surface area contributed by atoms with Crippen LogP contribution in [0.2, 0.25) is 0 Å². The Kier molecular flexibility index (Phi) is 3.25. The number of benzene rings is 1. The third kappa shape index (κ3) is 3.42. The van der Waals surface area contributed by atoms with Gasteiger partial charge in [-0.1, -0.05) is 0 Å². The number of hydrogen-bond acceptors (Lipinski definition) is 2. The second-order valence-corrected chi connectivity index (χ2v) is 3.21. The Morgan fingerprint density at radius 3 is 2.62 bits per heavy atom. The van der Waals surface area contributed by atoms with Gasteiger partial charge in [-0.25, -0.2) is 4.39 Å². The predicted molar refractivity (Wildman–Crippen MR) is 48.1 cm³/mol. The second kappa shape index (κ2) is 4.23. The summed E-state index contributed by atoms with van der Waals surface area (Å²) in [4.78, 5) is 0. The monoisotopic (exact) mass is 184 g/mol. The normalized spacial score (nSPS) is 12.8. The summed E-state index contributed by atoms with van der Waals surface area (Å²) in [5.41, 5.74) is 0.707. The van der Waals surface area contributed by atoms with E-state index in [9.17, 15) is 4.39 Å². The number of hydrogen-bond donors (Lipinski definition) is 2. The first-order chi connectivity index (χ1) is 6.08. The Balaban J connectivity index is 2.66. The van der Waals surface area contributed by atoms with E-state index in [1.807, 2.05) is 0 Å². The highest BCUT2D eigenvalue weighted by molar-refractivity contribution is 5.28. The number of phenolic OH excluding ortho intramolecular Hbond substituents is 1. The molecule has 0 bridgehead atoms. The Morgan fingerprint density at radius 2 is 2.08 bits per heavy atom. The smallest absolute Gasteiger partial charge is 0.127 e. The molecule has 3 heteroatoms. The van der Waals surface area contributed by atoms with Gasteiger partial charge in [0.2, 0.25) is 0 Å². The molecular formula is C10H13FO2. The highest BCUT2D eigenvalue weighted by atomic mass is 19.1. The molecule has 72 valence electrons. The highest BCUT2D eigenvalue weighted by Gasteiger charge is 2.01. The predicted octanol–water partition coefficient (Wildman–Crippen LogP) is 1.84. The van der Waals surface area contributed by atoms with E-state index in [1.165, 1.54) is 12.1 Å². The minimum atomic E-state index is -0.444. The van der Waals surface area contributed by atoms with Crippen molar-refractivity contribution in [2.45, 2.75) is 25.9 Å². The molecule has 2 N–H and O–H groups in total. The van der Waals surface area contributed by atoms with Crippen LogP contribution in [0.5, 0.6) is 5.75 Å². The minimum absolute atomic E-state index is 0.0689. The lowest BCUT2D eigenvalue weighted by Crippen LogP contribution is -2.01. The molecule has 0 aromatic heterocycles. The van der Waals surface area contributed by atoms with Gasteiger partial charge in [-0.05, 0) is 37.5 Å². The van der Waals surface area contributed by atoms with E-state index in [2.05, 4.69) is 0 Å². The zero-order chi connectivity index (χ0) is 9.84. The van der Waals surface area contributed by atoms with Crippen molar-refractivity contribution in [3.8, 4) is 5.75 Å². The molecule has 0 aliphatic rings. The summed E-state index contributed by atoms with van der Waals surface area (Å²) < 4.78 is 12.7. The van der Waals surface area contributed by atoms with Crippen LogP contribution in [0.4, 0.5) is 4.39 Å². The van der Waals surface area contributed by atoms with Crippen LogP contribution in [-0.4, -0.2) is 16.3 Å². The molecule has 0 aliphatic carbocycles. The van der Waals surface area contributed by atoms with Gasteiger partial charge in [0.15, 0.2) is 0 Å². The molecule has 0 radical (unpaired) electrons. The van der Waals surface area contributed by atoms with Crippen LogP contribution >= 0.6 is 0 Å². The molecule has 2 nitrogen and oxygen atoms in total. The molecule has 1 aromatic rings. The van der Waals surface area contributed by atoms with Crippen molar-refractivity contribution in [1.29, 1.82) is 0 Å². The summed E-state index contributed by atoms with van der Waals surface area (Å²) >= 11 is 0. The van der Waals surface area contributed by atoms with Crippen LogP contribution < -0.4 is 0 Å². The van der Waals surface area contributed by atoms with Crippen molar-refractivity contribution in [2.75, 3.05) is 0 Å². The Bertz CT molecular complexity index is 264. The lowest BCUT2D eigenvalue weighted by molar-refractivity contribution is 0.185. The molecule has 0 saturated carbocycles. The van der Waals surface area contributed by atoms with E-state index < -0.39 is 11.9 Å². The van der Waals surface area contributed by atoms with Crippen molar-refractivity contribution < 1.29 is 14.6 Å². The van der Waals surface area contributed by atoms with Crippen LogP contribution in [0.3, 0.4) is 0 Å². The first-order valence-corrected chi connectivity index (χ1v) is 4.24. The lowest BCUT2D eigenvalue weighted by Gasteiger charge is -2.04. The molecule has 13 heavy (non-hydrogen) atoms. The fraction of sp³-hybridized carbons (Fsp3) is 0.400. The summed E-state index contributed by atoms with van der Waals surface area (Å²) in [5.74, 6) is -0.513. The van der Waals surface area contributed by atoms with Crippen molar-refractivity contribution in [1.82, 2.24) is 0 Å². The number of aliphatic hydroxyl groups excluding tert-OH is 1. The van der Waals surface area contributed by atoms with Crippen LogP contribution in [0, 0.1) is 5.82 Å². The standard InChI is InChI=1S/C10H13FO2/c1-7(12)2-3-8-4-9(11)6-10(13)5-8/h4-7,12-13H,2-3H2,1H3. The number of aliphatic hydroxyl groups is 1. The third-order valence-corrected chi connectivity index (χ3v) is 1.79. The van der Waals surface area contributed by atoms with Crippen molar-refractivity contribution >= 4 is 0 Å². The van der Waals surface area contributed by atoms with Gasteiger partial charge in [0.1, 0.15) is 11.6 Å². The zero-order valence-corrected chi connectivity index (χ0v) is 7.50. The van der Waals surface area contributed by atoms with Gasteiger partial charge in [0.25, 0.3) is 0 Å². The van der Waals surface area contributed by atoms with E-state index in [0.29, 0.717) is 18.4 Å². The summed E-state index contributed by atoms with van der Waals surface area (Å²) in [6, 6.07) is 3.93. The van der Waals surface area contributed by atoms with Gasteiger partial charge in [0.05, 0.1) is 6.10 Å². The number of aromatic hydroxyl groups is 1. The van der Waals surface area contributed by atoms with Crippen LogP contribution in [-0.2, 0) is 6.42 Å². The van der Waals surface area contributed by atoms with Crippen molar-refractivity contribution in [3.05, 3.63) is 29.6 Å². The number of rotatable bonds is 3. The zero-order valence-electron chi connectivity index (χ0n) is 7.50. The average molecular weight is 184 g/mol. The summed E-state index contributed by atoms with van der Waals surface area (Å²) in [6.45, 7) is 1.68. The van der Waals surface area contributed by atoms with Crippen molar-refractivity contribution in [2.24, 2.45) is 0 Å². The Labute approximate surface area is 76.6 Å². The molecule has 1 rings (SSSR count). The van der Waals surface area contributed by atoms with Gasteiger partial charge in [-0.15, -0.1) is 0 Å². The van der Waals surface area contributed by atoms with Crippen LogP contribution in [0.1, 0.15) is 18.9 Å². The van der Waals surface area contributed by atoms with E-state index in [-0.39, 0.29) is 5.75 Å². The maximum absolute atomic E-state index is 12.7. The first kappa shape index (κ1) is 9.99. The molecule has 1 atom stereocenters. The van der Waals surface area contributed by atoms with E-state index in [1.54, 1.807) is 6.92 Å². The van der Waals surface area contributed by atoms with E-state index >= 15 is 0 Å². The Morgan fingerprint density at radius 1 is 1.38 bits per heavy atom. The SMILES string of the molecule is CC(O)CCc1cc(O)cc(F)c1. The molecule has 0 aliphatic heterocycles. The third-order valence-electron chi connectivity index (χ3n) is 1.79. The number of halogens is 1. The fourth-order valence-electron chi connectivity index (χ4n) is 1.15. The van der Waals surface area contributed by atoms with Crippen molar-refractivity contribution in [3.63, 3.8) is 0 Å². The number of phenols is 1. The molecule has 0 amide bonds. The van der Waals surface area contributed by atoms with Gasteiger partial charge in [-0.3, -0.25) is 0 Å². The molecular weight excluding hydrogens is 171 g/mol. The Hall–Kier alpha value is -1.09. The largest absolute Gasteiger partial charge is 0.508 e. The maximum Gasteiger partial charge on any atom is 0.127 e. The summed E-state index contributed by atoms with van der Waals surface area (Å²) in [7, 11) is 0. The topological polar surface area (TPSA) is 40.5 Å². The first-order valence-electron chi connectivity index (χ1n) is 4.24. The van der Waals surface area contributed by atoms with E-state index in [0.717, 1.165) is 6.07 Å². The van der Waals surface area contributed by atoms with Gasteiger partial charge >= 0.3 is 0 Å². The summed E-state index contributed by atoms with van der Waals surface area (Å²) in [5, 5.41) is 18.1. The number of aryl methyl sites for hydroxylation is 1. The molecule has 0 heterocycles.